The van der Waals surface area contributed by atoms with E-state index >= 15 is 0 Å². The number of hydrogen-bond donors (Lipinski definition) is 1. The van der Waals surface area contributed by atoms with E-state index in [-0.39, 0.29) is 30.5 Å². The van der Waals surface area contributed by atoms with Crippen LogP contribution in [0.3, 0.4) is 0 Å². The van der Waals surface area contributed by atoms with Gasteiger partial charge in [-0.15, -0.1) is 11.3 Å². The maximum atomic E-state index is 12.4. The zero-order valence-electron chi connectivity index (χ0n) is 12.9. The van der Waals surface area contributed by atoms with E-state index in [9.17, 15) is 18.0 Å². The van der Waals surface area contributed by atoms with Gasteiger partial charge in [0.05, 0.1) is 16.7 Å². The molecule has 0 spiro atoms. The highest BCUT2D eigenvalue weighted by Gasteiger charge is 2.32. The molecule has 1 unspecified atom stereocenters. The van der Waals surface area contributed by atoms with Crippen LogP contribution < -0.4 is 5.32 Å². The van der Waals surface area contributed by atoms with Crippen molar-refractivity contribution in [3.05, 3.63) is 38.8 Å². The molecule has 0 bridgehead atoms. The highest BCUT2D eigenvalue weighted by Crippen LogP contribution is 2.33. The maximum Gasteiger partial charge on any atom is 0.266 e. The Morgan fingerprint density at radius 2 is 2.28 bits per heavy atom. The van der Waals surface area contributed by atoms with E-state index in [0.717, 1.165) is 10.3 Å². The van der Waals surface area contributed by atoms with Gasteiger partial charge in [-0.2, -0.15) is 0 Å². The smallest absolute Gasteiger partial charge is 0.266 e. The van der Waals surface area contributed by atoms with Gasteiger partial charge in [0.1, 0.15) is 4.32 Å². The summed E-state index contributed by atoms with van der Waals surface area (Å²) in [6.45, 7) is 0.168. The molecule has 25 heavy (non-hydrogen) atoms. The molecule has 3 heterocycles. The molecule has 132 valence electrons. The Hall–Kier alpha value is -1.49. The molecule has 2 aliphatic heterocycles. The number of rotatable bonds is 5. The molecule has 0 aliphatic carbocycles. The number of thiocarbonyl (C=S) groups is 1. The van der Waals surface area contributed by atoms with Gasteiger partial charge in [-0.3, -0.25) is 14.5 Å². The summed E-state index contributed by atoms with van der Waals surface area (Å²) in [5.41, 5.74) is 0. The normalized spacial score (nSPS) is 23.6. The third-order valence-electron chi connectivity index (χ3n) is 3.53. The molecule has 0 aromatic carbocycles. The SMILES string of the molecule is O=C(CCN1C(=O)/C(=C\c2cccs2)SC1=S)NC1C=CS(=O)(=O)C1. The lowest BCUT2D eigenvalue weighted by Crippen LogP contribution is -2.38. The Balaban J connectivity index is 1.54. The van der Waals surface area contributed by atoms with Crippen molar-refractivity contribution < 1.29 is 18.0 Å². The lowest BCUT2D eigenvalue weighted by Gasteiger charge is -2.15. The van der Waals surface area contributed by atoms with Gasteiger partial charge in [0, 0.05) is 23.3 Å². The molecule has 10 heteroatoms. The summed E-state index contributed by atoms with van der Waals surface area (Å²) >= 11 is 7.97. The number of thioether (sulfide) groups is 1. The van der Waals surface area contributed by atoms with Gasteiger partial charge in [-0.1, -0.05) is 30.0 Å². The predicted octanol–water partition coefficient (Wildman–Crippen LogP) is 1.77. The monoisotopic (exact) mass is 414 g/mol. The van der Waals surface area contributed by atoms with Gasteiger partial charge in [0.15, 0.2) is 9.84 Å². The van der Waals surface area contributed by atoms with E-state index in [4.69, 9.17) is 12.2 Å². The van der Waals surface area contributed by atoms with Gasteiger partial charge >= 0.3 is 0 Å². The number of nitrogens with one attached hydrogen (secondary N) is 1. The van der Waals surface area contributed by atoms with E-state index in [2.05, 4.69) is 5.32 Å². The molecule has 1 aromatic rings. The second kappa shape index (κ2) is 7.40. The van der Waals surface area contributed by atoms with Gasteiger partial charge < -0.3 is 5.32 Å². The number of nitrogens with zero attached hydrogens (tertiary/aromatic N) is 1. The average Bonchev–Trinajstić information content (AvgIpc) is 3.21. The van der Waals surface area contributed by atoms with Crippen molar-refractivity contribution in [2.45, 2.75) is 12.5 Å². The van der Waals surface area contributed by atoms with Crippen molar-refractivity contribution in [2.24, 2.45) is 0 Å². The predicted molar refractivity (Wildman–Crippen MR) is 104 cm³/mol. The molecule has 6 nitrogen and oxygen atoms in total. The molecule has 1 atom stereocenters. The Kier molecular flexibility index (Phi) is 5.42. The molecule has 1 aromatic heterocycles. The second-order valence-electron chi connectivity index (χ2n) is 5.43. The van der Waals surface area contributed by atoms with E-state index in [1.807, 2.05) is 17.5 Å². The Labute approximate surface area is 158 Å². The van der Waals surface area contributed by atoms with E-state index in [0.29, 0.717) is 9.23 Å². The fraction of sp³-hybridized carbons (Fsp3) is 0.267. The van der Waals surface area contributed by atoms with Gasteiger partial charge in [-0.05, 0) is 23.6 Å². The van der Waals surface area contributed by atoms with Gasteiger partial charge in [-0.25, -0.2) is 8.42 Å². The van der Waals surface area contributed by atoms with Gasteiger partial charge in [0.25, 0.3) is 5.91 Å². The van der Waals surface area contributed by atoms with Crippen molar-refractivity contribution >= 4 is 67.4 Å². The molecule has 0 radical (unpaired) electrons. The first-order valence-corrected chi connectivity index (χ1v) is 11.2. The molecule has 2 amide bonds. The van der Waals surface area contributed by atoms with Crippen molar-refractivity contribution in [1.82, 2.24) is 10.2 Å². The fourth-order valence-electron chi connectivity index (χ4n) is 2.35. The number of thiophene rings is 1. The van der Waals surface area contributed by atoms with Crippen LogP contribution in [0.2, 0.25) is 0 Å². The molecular weight excluding hydrogens is 400 g/mol. The highest BCUT2D eigenvalue weighted by atomic mass is 32.2. The standard InChI is InChI=1S/C15H14N2O4S4/c18-13(16-10-4-7-25(20,21)9-10)3-5-17-14(19)12(24-15(17)22)8-11-2-1-6-23-11/h1-2,4,6-8,10H,3,5,9H2,(H,16,18)/b12-8+. The minimum atomic E-state index is -3.21. The van der Waals surface area contributed by atoms with Crippen LogP contribution in [-0.4, -0.2) is 47.8 Å². The lowest BCUT2D eigenvalue weighted by molar-refractivity contribution is -0.124. The number of carbonyl (C=O) groups is 2. The summed E-state index contributed by atoms with van der Waals surface area (Å²) in [5.74, 6) is -0.647. The Bertz CT molecular complexity index is 871. The van der Waals surface area contributed by atoms with Crippen molar-refractivity contribution in [3.8, 4) is 0 Å². The maximum absolute atomic E-state index is 12.4. The van der Waals surface area contributed by atoms with Crippen LogP contribution in [0.15, 0.2) is 33.9 Å². The molecule has 2 aliphatic rings. The van der Waals surface area contributed by atoms with Crippen LogP contribution in [0.5, 0.6) is 0 Å². The molecule has 0 saturated carbocycles. The van der Waals surface area contributed by atoms with Crippen LogP contribution in [0.25, 0.3) is 6.08 Å². The minimum Gasteiger partial charge on any atom is -0.349 e. The number of hydrogen-bond acceptors (Lipinski definition) is 7. The zero-order chi connectivity index (χ0) is 18.0. The molecule has 1 fully saturated rings. The first-order valence-electron chi connectivity index (χ1n) is 7.33. The van der Waals surface area contributed by atoms with Crippen LogP contribution in [0.1, 0.15) is 11.3 Å². The summed E-state index contributed by atoms with van der Waals surface area (Å²) in [7, 11) is -3.21. The summed E-state index contributed by atoms with van der Waals surface area (Å²) in [6, 6.07) is 3.30. The van der Waals surface area contributed by atoms with Crippen molar-refractivity contribution in [1.29, 1.82) is 0 Å². The summed E-state index contributed by atoms with van der Waals surface area (Å²) in [6.07, 6.45) is 3.30. The quantitative estimate of drug-likeness (QED) is 0.584. The van der Waals surface area contributed by atoms with Crippen molar-refractivity contribution in [3.63, 3.8) is 0 Å². The number of sulfone groups is 1. The Morgan fingerprint density at radius 1 is 1.48 bits per heavy atom. The molecule has 1 N–H and O–H groups in total. The minimum absolute atomic E-state index is 0.0586. The largest absolute Gasteiger partial charge is 0.349 e. The summed E-state index contributed by atoms with van der Waals surface area (Å²) < 4.78 is 23.1. The molecule has 1 saturated heterocycles. The number of amides is 2. The Morgan fingerprint density at radius 3 is 2.92 bits per heavy atom. The third kappa shape index (κ3) is 4.57. The van der Waals surface area contributed by atoms with Crippen LogP contribution in [0, 0.1) is 0 Å². The van der Waals surface area contributed by atoms with Crippen LogP contribution >= 0.6 is 35.3 Å². The second-order valence-corrected chi connectivity index (χ2v) is 10.0. The van der Waals surface area contributed by atoms with Crippen LogP contribution in [0.4, 0.5) is 0 Å². The van der Waals surface area contributed by atoms with E-state index in [1.165, 1.54) is 34.1 Å². The van der Waals surface area contributed by atoms with E-state index < -0.39 is 15.9 Å². The number of carbonyl (C=O) groups excluding carboxylic acids is 2. The molecule has 3 rings (SSSR count). The summed E-state index contributed by atoms with van der Waals surface area (Å²) in [4.78, 5) is 27.3. The first-order chi connectivity index (χ1) is 11.8. The average molecular weight is 415 g/mol. The first kappa shape index (κ1) is 18.3. The van der Waals surface area contributed by atoms with Crippen molar-refractivity contribution in [2.75, 3.05) is 12.3 Å². The topological polar surface area (TPSA) is 83.6 Å². The zero-order valence-corrected chi connectivity index (χ0v) is 16.1. The summed E-state index contributed by atoms with van der Waals surface area (Å²) in [5, 5.41) is 5.66. The van der Waals surface area contributed by atoms with E-state index in [1.54, 1.807) is 6.08 Å². The third-order valence-corrected chi connectivity index (χ3v) is 7.12. The van der Waals surface area contributed by atoms with Gasteiger partial charge in [0.2, 0.25) is 5.91 Å². The highest BCUT2D eigenvalue weighted by molar-refractivity contribution is 8.26. The van der Waals surface area contributed by atoms with Crippen LogP contribution in [-0.2, 0) is 19.4 Å². The lowest BCUT2D eigenvalue weighted by atomic mass is 10.3. The fourth-order valence-corrected chi connectivity index (χ4v) is 5.62. The molecular formula is C15H14N2O4S4.